The van der Waals surface area contributed by atoms with Crippen molar-refractivity contribution in [3.05, 3.63) is 29.8 Å². The Labute approximate surface area is 127 Å². The monoisotopic (exact) mass is 289 g/mol. The quantitative estimate of drug-likeness (QED) is 0.748. The fraction of sp³-hybridized carbons (Fsp3) is 0.588. The van der Waals surface area contributed by atoms with E-state index < -0.39 is 0 Å². The summed E-state index contributed by atoms with van der Waals surface area (Å²) >= 11 is 0. The van der Waals surface area contributed by atoms with Gasteiger partial charge in [-0.3, -0.25) is 0 Å². The van der Waals surface area contributed by atoms with E-state index in [4.69, 9.17) is 0 Å². The lowest BCUT2D eigenvalue weighted by molar-refractivity contribution is 0.222. The van der Waals surface area contributed by atoms with Gasteiger partial charge in [0.2, 0.25) is 0 Å². The molecular weight excluding hydrogens is 262 g/mol. The van der Waals surface area contributed by atoms with Crippen molar-refractivity contribution < 1.29 is 4.79 Å². The maximum Gasteiger partial charge on any atom is 0.319 e. The van der Waals surface area contributed by atoms with Crippen LogP contribution in [0.4, 0.5) is 10.5 Å². The van der Waals surface area contributed by atoms with Gasteiger partial charge in [-0.2, -0.15) is 0 Å². The van der Waals surface area contributed by atoms with Crippen LogP contribution in [-0.2, 0) is 0 Å². The molecule has 0 saturated heterocycles. The van der Waals surface area contributed by atoms with E-state index in [9.17, 15) is 4.79 Å². The Morgan fingerprint density at radius 3 is 2.43 bits per heavy atom. The molecule has 2 amide bonds. The van der Waals surface area contributed by atoms with Crippen LogP contribution in [0.2, 0.25) is 0 Å². The van der Waals surface area contributed by atoms with Gasteiger partial charge in [-0.25, -0.2) is 4.79 Å². The van der Waals surface area contributed by atoms with E-state index in [1.165, 1.54) is 24.8 Å². The molecule has 3 N–H and O–H groups in total. The van der Waals surface area contributed by atoms with E-state index in [1.807, 2.05) is 12.1 Å². The third-order valence-electron chi connectivity index (χ3n) is 4.39. The van der Waals surface area contributed by atoms with Crippen LogP contribution in [0, 0.1) is 5.92 Å². The minimum absolute atomic E-state index is 0.109. The topological polar surface area (TPSA) is 53.2 Å². The molecule has 116 valence electrons. The standard InChI is InChI=1S/C17H27N3O/c1-4-18-12(2)15-8-10-16(11-9-15)20-17(21)19-13(3)14-6-5-7-14/h8-14,18H,4-7H2,1-3H3,(H2,19,20,21). The molecule has 2 rings (SSSR count). The number of carbonyl (C=O) groups is 1. The third-order valence-corrected chi connectivity index (χ3v) is 4.39. The lowest BCUT2D eigenvalue weighted by atomic mass is 9.80. The van der Waals surface area contributed by atoms with Gasteiger partial charge in [-0.15, -0.1) is 0 Å². The smallest absolute Gasteiger partial charge is 0.319 e. The van der Waals surface area contributed by atoms with E-state index >= 15 is 0 Å². The summed E-state index contributed by atoms with van der Waals surface area (Å²) in [6.07, 6.45) is 3.76. The van der Waals surface area contributed by atoms with Crippen LogP contribution in [0.25, 0.3) is 0 Å². The summed E-state index contributed by atoms with van der Waals surface area (Å²) < 4.78 is 0. The van der Waals surface area contributed by atoms with Gasteiger partial charge in [0.05, 0.1) is 0 Å². The van der Waals surface area contributed by atoms with Crippen molar-refractivity contribution in [2.24, 2.45) is 5.92 Å². The molecule has 1 aromatic carbocycles. The van der Waals surface area contributed by atoms with Crippen LogP contribution < -0.4 is 16.0 Å². The fourth-order valence-electron chi connectivity index (χ4n) is 2.71. The van der Waals surface area contributed by atoms with E-state index in [0.717, 1.165) is 12.2 Å². The molecule has 0 bridgehead atoms. The molecule has 0 aliphatic heterocycles. The fourth-order valence-corrected chi connectivity index (χ4v) is 2.71. The second-order valence-electron chi connectivity index (χ2n) is 5.98. The number of hydrogen-bond donors (Lipinski definition) is 3. The number of rotatable bonds is 6. The maximum atomic E-state index is 12.0. The predicted molar refractivity (Wildman–Crippen MR) is 87.5 cm³/mol. The summed E-state index contributed by atoms with van der Waals surface area (Å²) in [5.41, 5.74) is 2.06. The third kappa shape index (κ3) is 4.46. The molecule has 1 fully saturated rings. The first kappa shape index (κ1) is 15.8. The Hall–Kier alpha value is -1.55. The molecule has 21 heavy (non-hydrogen) atoms. The van der Waals surface area contributed by atoms with Crippen LogP contribution in [0.5, 0.6) is 0 Å². The summed E-state index contributed by atoms with van der Waals surface area (Å²) in [5, 5.41) is 9.30. The number of carbonyl (C=O) groups excluding carboxylic acids is 1. The van der Waals surface area contributed by atoms with Gasteiger partial charge in [0.15, 0.2) is 0 Å². The highest BCUT2D eigenvalue weighted by atomic mass is 16.2. The SMILES string of the molecule is CCNC(C)c1ccc(NC(=O)NC(C)C2CCC2)cc1. The number of nitrogens with one attached hydrogen (secondary N) is 3. The molecular formula is C17H27N3O. The number of urea groups is 1. The lowest BCUT2D eigenvalue weighted by Crippen LogP contribution is -2.42. The van der Waals surface area contributed by atoms with Gasteiger partial charge in [-0.05, 0) is 56.8 Å². The van der Waals surface area contributed by atoms with Crippen molar-refractivity contribution in [3.8, 4) is 0 Å². The minimum atomic E-state index is -0.109. The van der Waals surface area contributed by atoms with Crippen LogP contribution in [0.3, 0.4) is 0 Å². The first-order chi connectivity index (χ1) is 10.1. The molecule has 1 aromatic rings. The number of amides is 2. The van der Waals surface area contributed by atoms with Gasteiger partial charge < -0.3 is 16.0 Å². The van der Waals surface area contributed by atoms with Gasteiger partial charge in [0.1, 0.15) is 0 Å². The van der Waals surface area contributed by atoms with Crippen molar-refractivity contribution >= 4 is 11.7 Å². The maximum absolute atomic E-state index is 12.0. The van der Waals surface area contributed by atoms with E-state index in [1.54, 1.807) is 0 Å². The molecule has 1 aliphatic carbocycles. The zero-order valence-electron chi connectivity index (χ0n) is 13.3. The van der Waals surface area contributed by atoms with Gasteiger partial charge >= 0.3 is 6.03 Å². The normalized spacial score (nSPS) is 17.7. The zero-order valence-corrected chi connectivity index (χ0v) is 13.3. The molecule has 0 aromatic heterocycles. The van der Waals surface area contributed by atoms with E-state index in [0.29, 0.717) is 12.0 Å². The Morgan fingerprint density at radius 2 is 1.90 bits per heavy atom. The van der Waals surface area contributed by atoms with Crippen molar-refractivity contribution in [2.75, 3.05) is 11.9 Å². The number of benzene rings is 1. The largest absolute Gasteiger partial charge is 0.335 e. The van der Waals surface area contributed by atoms with Crippen LogP contribution in [0.1, 0.15) is 51.6 Å². The van der Waals surface area contributed by atoms with Crippen molar-refractivity contribution in [1.29, 1.82) is 0 Å². The van der Waals surface area contributed by atoms with E-state index in [2.05, 4.69) is 48.9 Å². The first-order valence-corrected chi connectivity index (χ1v) is 8.01. The second kappa shape index (κ2) is 7.46. The summed E-state index contributed by atoms with van der Waals surface area (Å²) in [7, 11) is 0. The Morgan fingerprint density at radius 1 is 1.24 bits per heavy atom. The van der Waals surface area contributed by atoms with Crippen molar-refractivity contribution in [1.82, 2.24) is 10.6 Å². The van der Waals surface area contributed by atoms with Crippen molar-refractivity contribution in [2.45, 2.75) is 52.1 Å². The number of hydrogen-bond acceptors (Lipinski definition) is 2. The van der Waals surface area contributed by atoms with Crippen LogP contribution >= 0.6 is 0 Å². The molecule has 4 nitrogen and oxygen atoms in total. The minimum Gasteiger partial charge on any atom is -0.335 e. The molecule has 4 heteroatoms. The molecule has 1 aliphatic rings. The zero-order chi connectivity index (χ0) is 15.2. The van der Waals surface area contributed by atoms with E-state index in [-0.39, 0.29) is 12.1 Å². The molecule has 2 atom stereocenters. The molecule has 2 unspecified atom stereocenters. The summed E-state index contributed by atoms with van der Waals surface area (Å²) in [6, 6.07) is 8.50. The molecule has 1 saturated carbocycles. The highest BCUT2D eigenvalue weighted by molar-refractivity contribution is 5.89. The highest BCUT2D eigenvalue weighted by Gasteiger charge is 2.24. The highest BCUT2D eigenvalue weighted by Crippen LogP contribution is 2.29. The Bertz CT molecular complexity index is 454. The lowest BCUT2D eigenvalue weighted by Gasteiger charge is -2.31. The predicted octanol–water partition coefficient (Wildman–Crippen LogP) is 3.67. The average Bonchev–Trinajstić information content (AvgIpc) is 2.37. The average molecular weight is 289 g/mol. The Kier molecular flexibility index (Phi) is 5.62. The molecule has 0 radical (unpaired) electrons. The second-order valence-corrected chi connectivity index (χ2v) is 5.98. The number of anilines is 1. The van der Waals surface area contributed by atoms with Crippen LogP contribution in [0.15, 0.2) is 24.3 Å². The summed E-state index contributed by atoms with van der Waals surface area (Å²) in [6.45, 7) is 7.27. The first-order valence-electron chi connectivity index (χ1n) is 8.01. The molecule has 0 heterocycles. The van der Waals surface area contributed by atoms with Crippen molar-refractivity contribution in [3.63, 3.8) is 0 Å². The van der Waals surface area contributed by atoms with Gasteiger partial charge in [-0.1, -0.05) is 25.5 Å². The summed E-state index contributed by atoms with van der Waals surface area (Å²) in [4.78, 5) is 12.0. The Balaban J connectivity index is 1.83. The van der Waals surface area contributed by atoms with Crippen LogP contribution in [-0.4, -0.2) is 18.6 Å². The van der Waals surface area contributed by atoms with Gasteiger partial charge in [0, 0.05) is 17.8 Å². The summed E-state index contributed by atoms with van der Waals surface area (Å²) in [5.74, 6) is 0.652. The van der Waals surface area contributed by atoms with Gasteiger partial charge in [0.25, 0.3) is 0 Å². The molecule has 0 spiro atoms.